The van der Waals surface area contributed by atoms with Crippen molar-refractivity contribution >= 4 is 10.1 Å². The van der Waals surface area contributed by atoms with Gasteiger partial charge in [0.15, 0.2) is 0 Å². The molecule has 0 amide bonds. The summed E-state index contributed by atoms with van der Waals surface area (Å²) in [5.74, 6) is 0. The fourth-order valence-corrected chi connectivity index (χ4v) is 3.95. The quantitative estimate of drug-likeness (QED) is 0.260. The molecule has 1 N–H and O–H groups in total. The van der Waals surface area contributed by atoms with Gasteiger partial charge in [0.1, 0.15) is 16.7 Å². The molecule has 0 aliphatic heterocycles. The van der Waals surface area contributed by atoms with Crippen molar-refractivity contribution in [2.75, 3.05) is 32.8 Å². The van der Waals surface area contributed by atoms with E-state index in [0.717, 1.165) is 12.1 Å². The largest absolute Gasteiger partial charge is 0.744 e. The van der Waals surface area contributed by atoms with Crippen LogP contribution in [0.25, 0.3) is 0 Å². The molecule has 1 aromatic carbocycles. The van der Waals surface area contributed by atoms with E-state index >= 15 is 0 Å². The van der Waals surface area contributed by atoms with Crippen molar-refractivity contribution in [2.24, 2.45) is 0 Å². The highest BCUT2D eigenvalue weighted by atomic mass is 32.2. The van der Waals surface area contributed by atoms with Crippen molar-refractivity contribution in [1.29, 1.82) is 0 Å². The van der Waals surface area contributed by atoms with Crippen molar-refractivity contribution in [3.8, 4) is 0 Å². The van der Waals surface area contributed by atoms with E-state index < -0.39 is 10.1 Å². The SMILES string of the molecule is CCCCC[N+](CCO)(CCCC)CCCCC.Cc1ccc(S(=O)(=O)[O-])cc1. The van der Waals surface area contributed by atoms with Gasteiger partial charge in [0, 0.05) is 0 Å². The number of aliphatic hydroxyl groups is 1. The van der Waals surface area contributed by atoms with Crippen molar-refractivity contribution in [1.82, 2.24) is 0 Å². The van der Waals surface area contributed by atoms with E-state index in [0.29, 0.717) is 6.61 Å². The maximum absolute atomic E-state index is 10.4. The Morgan fingerprint density at radius 1 is 0.793 bits per heavy atom. The van der Waals surface area contributed by atoms with Crippen molar-refractivity contribution in [3.63, 3.8) is 0 Å². The number of aliphatic hydroxyl groups excluding tert-OH is 1. The lowest BCUT2D eigenvalue weighted by Gasteiger charge is -2.39. The minimum absolute atomic E-state index is 0.178. The fraction of sp³-hybridized carbons (Fsp3) is 0.739. The lowest BCUT2D eigenvalue weighted by molar-refractivity contribution is -0.929. The number of nitrogens with zero attached hydrogens (tertiary/aromatic N) is 1. The number of quaternary nitrogens is 1. The van der Waals surface area contributed by atoms with Gasteiger partial charge >= 0.3 is 0 Å². The molecule has 0 fully saturated rings. The number of rotatable bonds is 14. The van der Waals surface area contributed by atoms with E-state index in [1.54, 1.807) is 12.1 Å². The molecule has 0 saturated carbocycles. The molecule has 0 bridgehead atoms. The molecular formula is C23H43NO4S. The van der Waals surface area contributed by atoms with Crippen LogP contribution in [0.3, 0.4) is 0 Å². The maximum atomic E-state index is 10.4. The summed E-state index contributed by atoms with van der Waals surface area (Å²) < 4.78 is 32.3. The zero-order chi connectivity index (χ0) is 22.2. The van der Waals surface area contributed by atoms with Crippen molar-refractivity contribution in [2.45, 2.75) is 84.0 Å². The highest BCUT2D eigenvalue weighted by molar-refractivity contribution is 7.85. The molecule has 170 valence electrons. The molecular weight excluding hydrogens is 386 g/mol. The Balaban J connectivity index is 0.000000604. The van der Waals surface area contributed by atoms with Crippen LogP contribution in [0, 0.1) is 6.92 Å². The number of unbranched alkanes of at least 4 members (excludes halogenated alkanes) is 5. The van der Waals surface area contributed by atoms with E-state index in [2.05, 4.69) is 20.8 Å². The summed E-state index contributed by atoms with van der Waals surface area (Å²) in [5.41, 5.74) is 0.928. The van der Waals surface area contributed by atoms with Gasteiger partial charge in [0.05, 0.1) is 31.1 Å². The van der Waals surface area contributed by atoms with Crippen LogP contribution in [0.2, 0.25) is 0 Å². The molecule has 29 heavy (non-hydrogen) atoms. The number of hydrogen-bond donors (Lipinski definition) is 1. The van der Waals surface area contributed by atoms with Crippen LogP contribution in [0.1, 0.15) is 77.7 Å². The van der Waals surface area contributed by atoms with Gasteiger partial charge in [-0.3, -0.25) is 0 Å². The van der Waals surface area contributed by atoms with Crippen molar-refractivity contribution in [3.05, 3.63) is 29.8 Å². The van der Waals surface area contributed by atoms with Crippen LogP contribution in [0.4, 0.5) is 0 Å². The first-order valence-electron chi connectivity index (χ1n) is 11.2. The highest BCUT2D eigenvalue weighted by Crippen LogP contribution is 2.15. The number of hydrogen-bond acceptors (Lipinski definition) is 4. The van der Waals surface area contributed by atoms with Crippen LogP contribution in [0.15, 0.2) is 29.2 Å². The highest BCUT2D eigenvalue weighted by Gasteiger charge is 2.25. The normalized spacial score (nSPS) is 11.8. The van der Waals surface area contributed by atoms with Crippen LogP contribution in [0.5, 0.6) is 0 Å². The van der Waals surface area contributed by atoms with Crippen LogP contribution in [-0.4, -0.2) is 55.3 Å². The third-order valence-corrected chi connectivity index (χ3v) is 6.19. The number of benzene rings is 1. The average molecular weight is 430 g/mol. The van der Waals surface area contributed by atoms with E-state index in [4.69, 9.17) is 0 Å². The smallest absolute Gasteiger partial charge is 0.124 e. The minimum atomic E-state index is -4.27. The average Bonchev–Trinajstić information content (AvgIpc) is 2.67. The van der Waals surface area contributed by atoms with Crippen LogP contribution in [-0.2, 0) is 10.1 Å². The zero-order valence-electron chi connectivity index (χ0n) is 19.0. The Labute approximate surface area is 179 Å². The van der Waals surface area contributed by atoms with Gasteiger partial charge in [-0.25, -0.2) is 8.42 Å². The number of aryl methyl sites for hydroxylation is 1. The molecule has 5 nitrogen and oxygen atoms in total. The second-order valence-electron chi connectivity index (χ2n) is 7.99. The fourth-order valence-electron chi connectivity index (χ4n) is 3.48. The molecule has 1 aromatic rings. The Bertz CT molecular complexity index is 604. The first-order chi connectivity index (χ1) is 13.7. The predicted octanol–water partition coefficient (Wildman–Crippen LogP) is 4.88. The Morgan fingerprint density at radius 2 is 1.24 bits per heavy atom. The lowest BCUT2D eigenvalue weighted by atomic mass is 10.1. The van der Waals surface area contributed by atoms with E-state index in [9.17, 15) is 18.1 Å². The maximum Gasteiger partial charge on any atom is 0.124 e. The third-order valence-electron chi connectivity index (χ3n) is 5.34. The molecule has 0 spiro atoms. The van der Waals surface area contributed by atoms with Gasteiger partial charge in [0.25, 0.3) is 0 Å². The van der Waals surface area contributed by atoms with Crippen molar-refractivity contribution < 1.29 is 22.6 Å². The first kappa shape index (κ1) is 28.1. The van der Waals surface area contributed by atoms with E-state index in [1.165, 1.54) is 87.6 Å². The molecule has 0 radical (unpaired) electrons. The molecule has 0 heterocycles. The Morgan fingerprint density at radius 3 is 1.62 bits per heavy atom. The zero-order valence-corrected chi connectivity index (χ0v) is 19.8. The summed E-state index contributed by atoms with van der Waals surface area (Å²) in [6.45, 7) is 13.8. The summed E-state index contributed by atoms with van der Waals surface area (Å²) in [7, 11) is -4.27. The van der Waals surface area contributed by atoms with Gasteiger partial charge in [0.2, 0.25) is 0 Å². The predicted molar refractivity (Wildman–Crippen MR) is 120 cm³/mol. The molecule has 0 unspecified atom stereocenters. The minimum Gasteiger partial charge on any atom is -0.744 e. The summed E-state index contributed by atoms with van der Waals surface area (Å²) >= 11 is 0. The van der Waals surface area contributed by atoms with Crippen LogP contribution >= 0.6 is 0 Å². The molecule has 0 aliphatic carbocycles. The second kappa shape index (κ2) is 15.8. The third kappa shape index (κ3) is 13.1. The lowest BCUT2D eigenvalue weighted by Crippen LogP contribution is -2.51. The molecule has 0 atom stereocenters. The van der Waals surface area contributed by atoms with Gasteiger partial charge in [-0.05, 0) is 51.2 Å². The van der Waals surface area contributed by atoms with Gasteiger partial charge in [-0.1, -0.05) is 57.7 Å². The summed E-state index contributed by atoms with van der Waals surface area (Å²) in [6, 6.07) is 5.78. The molecule has 1 rings (SSSR count). The van der Waals surface area contributed by atoms with Gasteiger partial charge in [-0.2, -0.15) is 0 Å². The molecule has 6 heteroatoms. The topological polar surface area (TPSA) is 77.4 Å². The first-order valence-corrected chi connectivity index (χ1v) is 12.6. The Hall–Kier alpha value is -0.950. The summed E-state index contributed by atoms with van der Waals surface area (Å²) in [5, 5.41) is 9.40. The second-order valence-corrected chi connectivity index (χ2v) is 9.37. The van der Waals surface area contributed by atoms with E-state index in [-0.39, 0.29) is 4.90 Å². The standard InChI is InChI=1S/C16H36NO.C7H8O3S/c1-4-7-10-13-17(15-16-18,12-9-6-3)14-11-8-5-2;1-6-2-4-7(5-3-6)11(8,9)10/h18H,4-16H2,1-3H3;2-5H,1H3,(H,8,9,10)/q+1;/p-1. The Kier molecular flexibility index (Phi) is 15.3. The van der Waals surface area contributed by atoms with Gasteiger partial charge < -0.3 is 14.1 Å². The monoisotopic (exact) mass is 429 g/mol. The van der Waals surface area contributed by atoms with Crippen LogP contribution < -0.4 is 0 Å². The molecule has 0 aromatic heterocycles. The summed E-state index contributed by atoms with van der Waals surface area (Å²) in [6.07, 6.45) is 10.5. The van der Waals surface area contributed by atoms with Gasteiger partial charge in [-0.15, -0.1) is 0 Å². The molecule has 0 aliphatic rings. The van der Waals surface area contributed by atoms with E-state index in [1.807, 2.05) is 6.92 Å². The molecule has 0 saturated heterocycles. The summed E-state index contributed by atoms with van der Waals surface area (Å²) in [4.78, 5) is -0.178.